The van der Waals surface area contributed by atoms with Crippen molar-refractivity contribution in [3.05, 3.63) is 129 Å². The Balaban J connectivity index is 0.000000134. The minimum atomic E-state index is -4.36. The van der Waals surface area contributed by atoms with Crippen LogP contribution in [0.5, 0.6) is 0 Å². The van der Waals surface area contributed by atoms with Gasteiger partial charge in [-0.1, -0.05) is 65.7 Å². The number of carbonyl (C=O) groups is 1. The highest BCUT2D eigenvalue weighted by atomic mass is 79.9. The molecule has 2 aromatic heterocycles. The Hall–Kier alpha value is -3.73. The van der Waals surface area contributed by atoms with Crippen LogP contribution in [0.1, 0.15) is 77.7 Å². The standard InChI is InChI=1S/C18H16F3N.C13H14O2.C6H3BrF3N/c1-12-2-4-13(5-3-12)16-9-17(10-16,11-16)14-6-7-15(22-8-14)18(19,20)21;1-9-2-4-10(5-3-9)12-6-13(7-12,8-12)11(14)15;7-4-1-2-5(11-3-4)6(8,9)10/h2-8H,9-11H2,1H3;2-5H,6-8H2,1H3,(H,14,15);1-3H. The van der Waals surface area contributed by atoms with Crippen LogP contribution in [0.25, 0.3) is 0 Å². The highest BCUT2D eigenvalue weighted by Crippen LogP contribution is 2.74. The molecule has 0 spiro atoms. The number of pyridine rings is 2. The van der Waals surface area contributed by atoms with E-state index >= 15 is 0 Å². The van der Waals surface area contributed by atoms with Crippen LogP contribution in [0, 0.1) is 19.3 Å². The molecular formula is C37H33BrF6N2O2. The molecule has 1 N–H and O–H groups in total. The van der Waals surface area contributed by atoms with E-state index in [1.165, 1.54) is 34.5 Å². The molecule has 252 valence electrons. The average Bonchev–Trinajstić information content (AvgIpc) is 2.92. The van der Waals surface area contributed by atoms with Gasteiger partial charge in [0.25, 0.3) is 0 Å². The van der Waals surface area contributed by atoms with Crippen molar-refractivity contribution in [1.29, 1.82) is 0 Å². The Morgan fingerprint density at radius 3 is 1.33 bits per heavy atom. The third kappa shape index (κ3) is 6.14. The molecule has 4 aromatic rings. The maximum atomic E-state index is 12.6. The first-order chi connectivity index (χ1) is 22.4. The van der Waals surface area contributed by atoms with Crippen molar-refractivity contribution in [2.45, 2.75) is 81.0 Å². The Labute approximate surface area is 282 Å². The molecule has 0 saturated heterocycles. The predicted octanol–water partition coefficient (Wildman–Crippen LogP) is 10.1. The summed E-state index contributed by atoms with van der Waals surface area (Å²) in [5, 5.41) is 9.04. The first kappa shape index (κ1) is 34.1. The van der Waals surface area contributed by atoms with Gasteiger partial charge in [-0.2, -0.15) is 26.3 Å². The number of carboxylic acids is 1. The maximum absolute atomic E-state index is 12.6. The van der Waals surface area contributed by atoms with Gasteiger partial charge in [-0.15, -0.1) is 0 Å². The normalized spacial score (nSPS) is 27.7. The summed E-state index contributed by atoms with van der Waals surface area (Å²) in [7, 11) is 0. The van der Waals surface area contributed by atoms with Gasteiger partial charge < -0.3 is 5.11 Å². The van der Waals surface area contributed by atoms with Crippen molar-refractivity contribution in [3.8, 4) is 0 Å². The molecule has 6 aliphatic carbocycles. The fourth-order valence-electron chi connectivity index (χ4n) is 7.95. The van der Waals surface area contributed by atoms with Crippen LogP contribution in [-0.2, 0) is 33.4 Å². The number of benzene rings is 2. The quantitative estimate of drug-likeness (QED) is 0.212. The Morgan fingerprint density at radius 2 is 0.979 bits per heavy atom. The topological polar surface area (TPSA) is 63.1 Å². The van der Waals surface area contributed by atoms with Crippen LogP contribution in [0.15, 0.2) is 89.7 Å². The second-order valence-corrected chi connectivity index (χ2v) is 14.9. The summed E-state index contributed by atoms with van der Waals surface area (Å²) in [5.74, 6) is -0.600. The number of aromatic nitrogens is 2. The lowest BCUT2D eigenvalue weighted by atomic mass is 9.32. The molecule has 0 unspecified atom stereocenters. The molecule has 4 nitrogen and oxygen atoms in total. The molecule has 4 bridgehead atoms. The van der Waals surface area contributed by atoms with Crippen LogP contribution in [0.3, 0.4) is 0 Å². The lowest BCUT2D eigenvalue weighted by Gasteiger charge is -2.71. The summed E-state index contributed by atoms with van der Waals surface area (Å²) in [5.41, 5.74) is 4.63. The van der Waals surface area contributed by atoms with Gasteiger partial charge in [-0.3, -0.25) is 14.8 Å². The lowest BCUT2D eigenvalue weighted by Crippen LogP contribution is -2.67. The van der Waals surface area contributed by atoms with E-state index in [2.05, 4.69) is 88.3 Å². The maximum Gasteiger partial charge on any atom is 0.433 e. The molecule has 11 heteroatoms. The minimum absolute atomic E-state index is 0.0576. The molecule has 6 aliphatic rings. The third-order valence-corrected chi connectivity index (χ3v) is 11.0. The van der Waals surface area contributed by atoms with Crippen molar-refractivity contribution in [2.75, 3.05) is 0 Å². The zero-order valence-corrected chi connectivity index (χ0v) is 27.8. The van der Waals surface area contributed by atoms with E-state index in [9.17, 15) is 31.1 Å². The minimum Gasteiger partial charge on any atom is -0.481 e. The van der Waals surface area contributed by atoms with Crippen molar-refractivity contribution in [3.63, 3.8) is 0 Å². The SMILES string of the molecule is Cc1ccc(C23CC(C(=O)O)(C2)C3)cc1.Cc1ccc(C23CC(c4ccc(C(F)(F)F)nc4)(C2)C3)cc1.FC(F)(F)c1ccc(Br)cn1. The molecule has 10 rings (SSSR count). The first-order valence-corrected chi connectivity index (χ1v) is 16.3. The molecular weight excluding hydrogens is 698 g/mol. The highest BCUT2D eigenvalue weighted by molar-refractivity contribution is 9.10. The number of aliphatic carboxylic acids is 1. The number of nitrogens with zero attached hydrogens (tertiary/aromatic N) is 2. The van der Waals surface area contributed by atoms with E-state index in [1.807, 2.05) is 0 Å². The van der Waals surface area contributed by atoms with Gasteiger partial charge in [-0.05, 0) is 119 Å². The van der Waals surface area contributed by atoms with Gasteiger partial charge in [-0.25, -0.2) is 0 Å². The van der Waals surface area contributed by atoms with E-state index in [0.29, 0.717) is 4.47 Å². The average molecular weight is 732 g/mol. The van der Waals surface area contributed by atoms with Crippen LogP contribution in [0.2, 0.25) is 0 Å². The monoisotopic (exact) mass is 730 g/mol. The number of alkyl halides is 6. The fraction of sp³-hybridized carbons (Fsp3) is 0.378. The molecule has 0 aliphatic heterocycles. The second kappa shape index (κ2) is 11.7. The summed E-state index contributed by atoms with van der Waals surface area (Å²) < 4.78 is 73.8. The number of rotatable bonds is 4. The van der Waals surface area contributed by atoms with Crippen molar-refractivity contribution < 1.29 is 36.2 Å². The van der Waals surface area contributed by atoms with Gasteiger partial charge in [0.1, 0.15) is 11.4 Å². The van der Waals surface area contributed by atoms with Gasteiger partial charge >= 0.3 is 18.3 Å². The summed E-state index contributed by atoms with van der Waals surface area (Å²) in [4.78, 5) is 17.8. The van der Waals surface area contributed by atoms with Crippen molar-refractivity contribution in [2.24, 2.45) is 5.41 Å². The summed E-state index contributed by atoms with van der Waals surface area (Å²) in [6, 6.07) is 22.1. The van der Waals surface area contributed by atoms with Gasteiger partial charge in [0, 0.05) is 16.9 Å². The van der Waals surface area contributed by atoms with Gasteiger partial charge in [0.15, 0.2) is 0 Å². The number of carboxylic acid groups (broad SMARTS) is 1. The lowest BCUT2D eigenvalue weighted by molar-refractivity contribution is -0.194. The van der Waals surface area contributed by atoms with Crippen LogP contribution in [-0.4, -0.2) is 21.0 Å². The van der Waals surface area contributed by atoms with E-state index in [1.54, 1.807) is 6.07 Å². The number of aryl methyl sites for hydroxylation is 2. The molecule has 0 atom stereocenters. The molecule has 6 saturated carbocycles. The van der Waals surface area contributed by atoms with E-state index in [-0.39, 0.29) is 21.7 Å². The molecule has 2 aromatic carbocycles. The Bertz CT molecular complexity index is 1760. The van der Waals surface area contributed by atoms with E-state index in [4.69, 9.17) is 5.11 Å². The summed E-state index contributed by atoms with van der Waals surface area (Å²) in [6.45, 7) is 4.14. The summed E-state index contributed by atoms with van der Waals surface area (Å²) in [6.07, 6.45) is -0.566. The first-order valence-electron chi connectivity index (χ1n) is 15.5. The van der Waals surface area contributed by atoms with Gasteiger partial charge in [0.05, 0.1) is 5.41 Å². The van der Waals surface area contributed by atoms with E-state index in [0.717, 1.165) is 62.4 Å². The molecule has 0 radical (unpaired) electrons. The van der Waals surface area contributed by atoms with E-state index < -0.39 is 29.7 Å². The molecule has 48 heavy (non-hydrogen) atoms. The van der Waals surface area contributed by atoms with Crippen LogP contribution < -0.4 is 0 Å². The fourth-order valence-corrected chi connectivity index (χ4v) is 8.19. The number of halogens is 7. The third-order valence-electron chi connectivity index (χ3n) is 10.5. The largest absolute Gasteiger partial charge is 0.481 e. The summed E-state index contributed by atoms with van der Waals surface area (Å²) >= 11 is 2.98. The zero-order chi connectivity index (χ0) is 34.8. The highest BCUT2D eigenvalue weighted by Gasteiger charge is 2.72. The predicted molar refractivity (Wildman–Crippen MR) is 171 cm³/mol. The smallest absolute Gasteiger partial charge is 0.433 e. The molecule has 6 fully saturated rings. The molecule has 0 amide bonds. The zero-order valence-electron chi connectivity index (χ0n) is 26.2. The van der Waals surface area contributed by atoms with Crippen molar-refractivity contribution in [1.82, 2.24) is 9.97 Å². The number of hydrogen-bond donors (Lipinski definition) is 1. The van der Waals surface area contributed by atoms with Gasteiger partial charge in [0.2, 0.25) is 0 Å². The van der Waals surface area contributed by atoms with Crippen LogP contribution >= 0.6 is 15.9 Å². The Kier molecular flexibility index (Phi) is 8.33. The second-order valence-electron chi connectivity index (χ2n) is 14.0. The van der Waals surface area contributed by atoms with Crippen LogP contribution in [0.4, 0.5) is 26.3 Å². The van der Waals surface area contributed by atoms with Crippen molar-refractivity contribution >= 4 is 21.9 Å². The molecule has 2 heterocycles. The Morgan fingerprint density at radius 1 is 0.604 bits per heavy atom. The number of hydrogen-bond acceptors (Lipinski definition) is 3.